The van der Waals surface area contributed by atoms with E-state index in [0.717, 1.165) is 5.56 Å². The first-order valence-electron chi connectivity index (χ1n) is 13.9. The number of hydrogen-bond acceptors (Lipinski definition) is 9. The molecular formula is C29H38N8O8. The summed E-state index contributed by atoms with van der Waals surface area (Å²) in [5.74, 6) is 0.0672. The molecule has 0 heterocycles. The van der Waals surface area contributed by atoms with Gasteiger partial charge in [-0.05, 0) is 24.5 Å². The molecule has 0 spiro atoms. The van der Waals surface area contributed by atoms with Crippen LogP contribution < -0.4 is 44.0 Å². The molecule has 0 aromatic heterocycles. The lowest BCUT2D eigenvalue weighted by molar-refractivity contribution is -0.135. The quantitative estimate of drug-likeness (QED) is 0.0554. The molecule has 0 radical (unpaired) electrons. The van der Waals surface area contributed by atoms with Crippen LogP contribution in [0.15, 0.2) is 60.7 Å². The summed E-state index contributed by atoms with van der Waals surface area (Å²) < 4.78 is 5.10. The van der Waals surface area contributed by atoms with Crippen molar-refractivity contribution in [2.24, 2.45) is 17.3 Å². The zero-order valence-electron chi connectivity index (χ0n) is 24.6. The molecule has 0 saturated carbocycles. The first kappa shape index (κ1) is 35.7. The van der Waals surface area contributed by atoms with E-state index in [4.69, 9.17) is 22.0 Å². The van der Waals surface area contributed by atoms with E-state index >= 15 is 0 Å². The van der Waals surface area contributed by atoms with Crippen LogP contribution in [-0.4, -0.2) is 65.7 Å². The van der Waals surface area contributed by atoms with Crippen molar-refractivity contribution in [1.29, 1.82) is 0 Å². The fourth-order valence-electron chi connectivity index (χ4n) is 3.97. The van der Waals surface area contributed by atoms with Gasteiger partial charge in [-0.3, -0.25) is 34.2 Å². The molecule has 2 rings (SSSR count). The molecule has 16 nitrogen and oxygen atoms in total. The first-order valence-corrected chi connectivity index (χ1v) is 13.9. The maximum Gasteiger partial charge on any atom is 0.408 e. The van der Waals surface area contributed by atoms with E-state index in [9.17, 15) is 33.6 Å². The largest absolute Gasteiger partial charge is 0.445 e. The normalized spacial score (nSPS) is 13.1. The van der Waals surface area contributed by atoms with E-state index < -0.39 is 72.1 Å². The third-order valence-electron chi connectivity index (χ3n) is 6.35. The van der Waals surface area contributed by atoms with Gasteiger partial charge in [0.2, 0.25) is 29.5 Å². The number of carbonyl (C=O) groups excluding carboxylic acids is 7. The van der Waals surface area contributed by atoms with Gasteiger partial charge in [0.15, 0.2) is 0 Å². The van der Waals surface area contributed by atoms with Gasteiger partial charge in [0, 0.05) is 12.8 Å². The number of nitrogens with two attached hydrogens (primary N) is 3. The Morgan fingerprint density at radius 3 is 1.76 bits per heavy atom. The van der Waals surface area contributed by atoms with Crippen molar-refractivity contribution in [3.8, 4) is 0 Å². The highest BCUT2D eigenvalue weighted by Crippen LogP contribution is 2.06. The van der Waals surface area contributed by atoms with Crippen LogP contribution in [0.25, 0.3) is 0 Å². The summed E-state index contributed by atoms with van der Waals surface area (Å²) in [4.78, 5) is 87.0. The SMILES string of the molecule is C[C@H](NC(=O)OCc1ccccc1)C(=O)N[C@@H](CCC(N)=O)C(=O)N[C@@H](CC(N)=O)C(=O)N[C@@H](Cc1ccccc1)C(=O)NN. The minimum absolute atomic E-state index is 0.0306. The van der Waals surface area contributed by atoms with Gasteiger partial charge in [0.1, 0.15) is 30.8 Å². The van der Waals surface area contributed by atoms with Gasteiger partial charge in [-0.2, -0.15) is 0 Å². The number of carbonyl (C=O) groups is 7. The molecule has 0 unspecified atom stereocenters. The summed E-state index contributed by atoms with van der Waals surface area (Å²) in [5.41, 5.74) is 13.9. The van der Waals surface area contributed by atoms with Crippen molar-refractivity contribution in [2.45, 2.75) is 63.4 Å². The second-order valence-corrected chi connectivity index (χ2v) is 9.99. The highest BCUT2D eigenvalue weighted by molar-refractivity contribution is 5.97. The Hall–Kier alpha value is -5.51. The van der Waals surface area contributed by atoms with E-state index in [0.29, 0.717) is 5.56 Å². The lowest BCUT2D eigenvalue weighted by Gasteiger charge is -2.25. The summed E-state index contributed by atoms with van der Waals surface area (Å²) in [7, 11) is 0. The number of alkyl carbamates (subject to hydrolysis) is 1. The molecule has 11 N–H and O–H groups in total. The summed E-state index contributed by atoms with van der Waals surface area (Å²) >= 11 is 0. The molecular weight excluding hydrogens is 588 g/mol. The van der Waals surface area contributed by atoms with Crippen LogP contribution in [-0.2, 0) is 46.5 Å². The summed E-state index contributed by atoms with van der Waals surface area (Å²) in [6.07, 6.45) is -2.15. The Morgan fingerprint density at radius 1 is 0.667 bits per heavy atom. The Bertz CT molecular complexity index is 1340. The van der Waals surface area contributed by atoms with Gasteiger partial charge in [-0.1, -0.05) is 60.7 Å². The molecule has 0 saturated heterocycles. The van der Waals surface area contributed by atoms with E-state index in [1.807, 2.05) is 5.43 Å². The van der Waals surface area contributed by atoms with Crippen molar-refractivity contribution in [3.05, 3.63) is 71.8 Å². The molecule has 7 amide bonds. The minimum Gasteiger partial charge on any atom is -0.445 e. The molecule has 0 aliphatic heterocycles. The van der Waals surface area contributed by atoms with Gasteiger partial charge < -0.3 is 37.5 Å². The zero-order valence-corrected chi connectivity index (χ0v) is 24.6. The number of amides is 7. The average molecular weight is 627 g/mol. The van der Waals surface area contributed by atoms with Crippen molar-refractivity contribution in [1.82, 2.24) is 26.7 Å². The van der Waals surface area contributed by atoms with Crippen LogP contribution in [0.5, 0.6) is 0 Å². The Balaban J connectivity index is 2.11. The zero-order chi connectivity index (χ0) is 33.4. The topological polar surface area (TPSA) is 267 Å². The first-order chi connectivity index (χ1) is 21.4. The molecule has 4 atom stereocenters. The van der Waals surface area contributed by atoms with Gasteiger partial charge in [0.25, 0.3) is 5.91 Å². The summed E-state index contributed by atoms with van der Waals surface area (Å²) in [6.45, 7) is 1.29. The molecule has 0 aliphatic rings. The number of ether oxygens (including phenoxy) is 1. The summed E-state index contributed by atoms with van der Waals surface area (Å²) in [6, 6.07) is 12.1. The smallest absolute Gasteiger partial charge is 0.408 e. The molecule has 45 heavy (non-hydrogen) atoms. The van der Waals surface area contributed by atoms with Crippen molar-refractivity contribution >= 4 is 41.5 Å². The molecule has 2 aromatic carbocycles. The maximum atomic E-state index is 13.2. The number of benzene rings is 2. The van der Waals surface area contributed by atoms with Crippen LogP contribution in [0.1, 0.15) is 37.3 Å². The van der Waals surface area contributed by atoms with Gasteiger partial charge in [0.05, 0.1) is 6.42 Å². The average Bonchev–Trinajstić information content (AvgIpc) is 3.01. The number of primary amides is 2. The predicted octanol–water partition coefficient (Wildman–Crippen LogP) is -1.87. The van der Waals surface area contributed by atoms with E-state index in [1.54, 1.807) is 60.7 Å². The maximum absolute atomic E-state index is 13.2. The van der Waals surface area contributed by atoms with Crippen LogP contribution in [0.3, 0.4) is 0 Å². The number of hydrogen-bond donors (Lipinski definition) is 8. The molecule has 0 fully saturated rings. The van der Waals surface area contributed by atoms with Crippen molar-refractivity contribution in [2.75, 3.05) is 0 Å². The van der Waals surface area contributed by atoms with Crippen molar-refractivity contribution < 1.29 is 38.3 Å². The molecule has 0 aliphatic carbocycles. The van der Waals surface area contributed by atoms with Gasteiger partial charge in [-0.15, -0.1) is 0 Å². The Kier molecular flexibility index (Phi) is 14.4. The highest BCUT2D eigenvalue weighted by atomic mass is 16.5. The number of hydrazine groups is 1. The fraction of sp³-hybridized carbons (Fsp3) is 0.345. The molecule has 0 bridgehead atoms. The fourth-order valence-corrected chi connectivity index (χ4v) is 3.97. The van der Waals surface area contributed by atoms with Crippen LogP contribution >= 0.6 is 0 Å². The van der Waals surface area contributed by atoms with Crippen LogP contribution in [0, 0.1) is 0 Å². The third kappa shape index (κ3) is 13.1. The van der Waals surface area contributed by atoms with E-state index in [2.05, 4.69) is 21.3 Å². The van der Waals surface area contributed by atoms with Gasteiger partial charge in [-0.25, -0.2) is 10.6 Å². The Morgan fingerprint density at radius 2 is 1.20 bits per heavy atom. The van der Waals surface area contributed by atoms with Gasteiger partial charge >= 0.3 is 6.09 Å². The molecule has 16 heteroatoms. The third-order valence-corrected chi connectivity index (χ3v) is 6.35. The lowest BCUT2D eigenvalue weighted by atomic mass is 10.0. The minimum atomic E-state index is -1.57. The van der Waals surface area contributed by atoms with Crippen molar-refractivity contribution in [3.63, 3.8) is 0 Å². The van der Waals surface area contributed by atoms with Crippen LogP contribution in [0.4, 0.5) is 4.79 Å². The van der Waals surface area contributed by atoms with Crippen LogP contribution in [0.2, 0.25) is 0 Å². The molecule has 2 aromatic rings. The number of rotatable bonds is 17. The van der Waals surface area contributed by atoms with E-state index in [1.165, 1.54) is 6.92 Å². The Labute approximate surface area is 259 Å². The second kappa shape index (κ2) is 18.2. The highest BCUT2D eigenvalue weighted by Gasteiger charge is 2.31. The monoisotopic (exact) mass is 626 g/mol. The van der Waals surface area contributed by atoms with E-state index in [-0.39, 0.29) is 25.9 Å². The second-order valence-electron chi connectivity index (χ2n) is 9.99. The lowest BCUT2D eigenvalue weighted by Crippen LogP contribution is -2.59. The predicted molar refractivity (Wildman–Crippen MR) is 160 cm³/mol. The standard InChI is InChI=1S/C29H38N8O8/c1-17(33-29(44)45-16-19-10-6-3-7-11-19)25(40)34-20(12-13-23(30)38)26(41)36-22(15-24(31)39)27(42)35-21(28(43)37-32)14-18-8-4-2-5-9-18/h2-11,17,20-22H,12-16,32H2,1H3,(H2,30,38)(H2,31,39)(H,33,44)(H,34,40)(H,35,42)(H,36,41)(H,37,43)/t17-,20-,21-,22-/m0/s1. The molecule has 242 valence electrons. The summed E-state index contributed by atoms with van der Waals surface area (Å²) in [5, 5.41) is 9.50. The number of nitrogens with one attached hydrogen (secondary N) is 5.